The van der Waals surface area contributed by atoms with E-state index in [9.17, 15) is 9.00 Å². The van der Waals surface area contributed by atoms with Gasteiger partial charge in [0.05, 0.1) is 5.75 Å². The first-order chi connectivity index (χ1) is 8.22. The van der Waals surface area contributed by atoms with E-state index in [4.69, 9.17) is 0 Å². The van der Waals surface area contributed by atoms with Crippen molar-refractivity contribution in [2.75, 3.05) is 11.5 Å². The van der Waals surface area contributed by atoms with E-state index in [0.717, 1.165) is 24.8 Å². The van der Waals surface area contributed by atoms with Crippen molar-refractivity contribution < 1.29 is 9.00 Å². The Bertz CT molecular complexity index is 360. The monoisotopic (exact) mass is 252 g/mol. The van der Waals surface area contributed by atoms with Gasteiger partial charge in [-0.05, 0) is 12.0 Å². The number of benzene rings is 1. The summed E-state index contributed by atoms with van der Waals surface area (Å²) in [6, 6.07) is 9.62. The summed E-state index contributed by atoms with van der Waals surface area (Å²) < 4.78 is 11.6. The van der Waals surface area contributed by atoms with Gasteiger partial charge >= 0.3 is 0 Å². The molecule has 0 saturated carbocycles. The lowest BCUT2D eigenvalue weighted by Crippen LogP contribution is -2.15. The van der Waals surface area contributed by atoms with Gasteiger partial charge < -0.3 is 0 Å². The second kappa shape index (κ2) is 8.18. The Morgan fingerprint density at radius 2 is 1.88 bits per heavy atom. The van der Waals surface area contributed by atoms with Gasteiger partial charge in [-0.2, -0.15) is 0 Å². The van der Waals surface area contributed by atoms with Crippen molar-refractivity contribution in [3.63, 3.8) is 0 Å². The van der Waals surface area contributed by atoms with Crippen LogP contribution in [-0.2, 0) is 22.0 Å². The molecule has 0 aliphatic rings. The largest absolute Gasteiger partial charge is 0.298 e. The molecule has 0 radical (unpaired) electrons. The fraction of sp³-hybridized carbons (Fsp3) is 0.500. The number of hydrogen-bond acceptors (Lipinski definition) is 2. The van der Waals surface area contributed by atoms with E-state index < -0.39 is 10.8 Å². The highest BCUT2D eigenvalue weighted by Gasteiger charge is 2.08. The molecule has 0 aliphatic heterocycles. The van der Waals surface area contributed by atoms with Gasteiger partial charge in [0.1, 0.15) is 5.78 Å². The number of rotatable bonds is 8. The molecular formula is C14H20O2S. The Hall–Kier alpha value is -0.960. The molecule has 0 spiro atoms. The first-order valence-electron chi connectivity index (χ1n) is 6.13. The maximum Gasteiger partial charge on any atom is 0.149 e. The van der Waals surface area contributed by atoms with E-state index in [0.29, 0.717) is 12.2 Å². The lowest BCUT2D eigenvalue weighted by molar-refractivity contribution is -0.116. The minimum atomic E-state index is -0.975. The summed E-state index contributed by atoms with van der Waals surface area (Å²) in [5.41, 5.74) is 1.00. The Kier molecular flexibility index (Phi) is 6.78. The van der Waals surface area contributed by atoms with Crippen LogP contribution in [0.2, 0.25) is 0 Å². The fourth-order valence-corrected chi connectivity index (χ4v) is 2.77. The standard InChI is InChI=1S/C14H20O2S/c1-2-3-7-10-17(16)12-14(15)11-13-8-5-4-6-9-13/h4-6,8-9H,2-3,7,10-12H2,1H3. The summed E-state index contributed by atoms with van der Waals surface area (Å²) in [6.07, 6.45) is 3.58. The summed E-state index contributed by atoms with van der Waals surface area (Å²) in [5.74, 6) is 0.943. The number of carbonyl (C=O) groups excluding carboxylic acids is 1. The molecule has 1 aromatic rings. The Balaban J connectivity index is 2.27. The first kappa shape index (κ1) is 14.1. The molecule has 0 saturated heterocycles. The van der Waals surface area contributed by atoms with Gasteiger partial charge in [0, 0.05) is 23.0 Å². The molecule has 1 aromatic carbocycles. The van der Waals surface area contributed by atoms with Gasteiger partial charge in [0.2, 0.25) is 0 Å². The van der Waals surface area contributed by atoms with Crippen LogP contribution >= 0.6 is 0 Å². The van der Waals surface area contributed by atoms with Crippen LogP contribution in [0.25, 0.3) is 0 Å². The number of carbonyl (C=O) groups is 1. The molecule has 0 bridgehead atoms. The third-order valence-corrected chi connectivity index (χ3v) is 3.93. The van der Waals surface area contributed by atoms with Crippen molar-refractivity contribution in [3.05, 3.63) is 35.9 Å². The van der Waals surface area contributed by atoms with Crippen molar-refractivity contribution in [1.82, 2.24) is 0 Å². The zero-order chi connectivity index (χ0) is 12.5. The molecule has 2 nitrogen and oxygen atoms in total. The van der Waals surface area contributed by atoms with E-state index >= 15 is 0 Å². The molecule has 0 aromatic heterocycles. The maximum atomic E-state index is 11.7. The molecule has 0 N–H and O–H groups in total. The van der Waals surface area contributed by atoms with Gasteiger partial charge in [-0.25, -0.2) is 0 Å². The Morgan fingerprint density at radius 1 is 1.18 bits per heavy atom. The summed E-state index contributed by atoms with van der Waals surface area (Å²) in [5, 5.41) is 0. The topological polar surface area (TPSA) is 34.1 Å². The summed E-state index contributed by atoms with van der Waals surface area (Å²) >= 11 is 0. The zero-order valence-electron chi connectivity index (χ0n) is 10.4. The van der Waals surface area contributed by atoms with Crippen molar-refractivity contribution >= 4 is 16.6 Å². The summed E-state index contributed by atoms with van der Waals surface area (Å²) in [6.45, 7) is 2.11. The van der Waals surface area contributed by atoms with E-state index in [2.05, 4.69) is 6.92 Å². The lowest BCUT2D eigenvalue weighted by Gasteiger charge is -2.02. The SMILES string of the molecule is CCCCCS(=O)CC(=O)Cc1ccccc1. The van der Waals surface area contributed by atoms with Crippen LogP contribution in [0.5, 0.6) is 0 Å². The molecular weight excluding hydrogens is 232 g/mol. The number of hydrogen-bond donors (Lipinski definition) is 0. The average molecular weight is 252 g/mol. The Morgan fingerprint density at radius 3 is 2.53 bits per heavy atom. The highest BCUT2D eigenvalue weighted by molar-refractivity contribution is 7.85. The molecule has 17 heavy (non-hydrogen) atoms. The van der Waals surface area contributed by atoms with Crippen molar-refractivity contribution in [2.24, 2.45) is 0 Å². The van der Waals surface area contributed by atoms with E-state index in [-0.39, 0.29) is 11.5 Å². The number of ketones is 1. The van der Waals surface area contributed by atoms with E-state index in [1.807, 2.05) is 30.3 Å². The highest BCUT2D eigenvalue weighted by Crippen LogP contribution is 2.02. The van der Waals surface area contributed by atoms with Crippen molar-refractivity contribution in [2.45, 2.75) is 32.6 Å². The van der Waals surface area contributed by atoms with E-state index in [1.54, 1.807) is 0 Å². The highest BCUT2D eigenvalue weighted by atomic mass is 32.2. The third kappa shape index (κ3) is 6.37. The summed E-state index contributed by atoms with van der Waals surface area (Å²) in [4.78, 5) is 11.7. The predicted molar refractivity (Wildman–Crippen MR) is 72.6 cm³/mol. The van der Waals surface area contributed by atoms with Crippen LogP contribution in [0.3, 0.4) is 0 Å². The normalized spacial score (nSPS) is 12.3. The molecule has 94 valence electrons. The van der Waals surface area contributed by atoms with Crippen LogP contribution in [0.1, 0.15) is 31.7 Å². The Labute approximate surface area is 106 Å². The number of unbranched alkanes of at least 4 members (excludes halogenated alkanes) is 2. The average Bonchev–Trinajstić information content (AvgIpc) is 2.30. The molecule has 0 amide bonds. The number of Topliss-reactive ketones (excluding diaryl/α,β-unsaturated/α-hetero) is 1. The lowest BCUT2D eigenvalue weighted by atomic mass is 10.1. The fourth-order valence-electron chi connectivity index (χ4n) is 1.64. The smallest absolute Gasteiger partial charge is 0.149 e. The van der Waals surface area contributed by atoms with Gasteiger partial charge in [-0.3, -0.25) is 9.00 Å². The first-order valence-corrected chi connectivity index (χ1v) is 7.61. The molecule has 0 heterocycles. The molecule has 1 unspecified atom stereocenters. The van der Waals surface area contributed by atoms with Crippen LogP contribution in [0, 0.1) is 0 Å². The maximum absolute atomic E-state index is 11.7. The molecule has 0 aliphatic carbocycles. The molecule has 3 heteroatoms. The van der Waals surface area contributed by atoms with E-state index in [1.165, 1.54) is 0 Å². The molecule has 0 fully saturated rings. The minimum absolute atomic E-state index is 0.0750. The molecule has 1 atom stereocenters. The quantitative estimate of drug-likeness (QED) is 0.667. The van der Waals surface area contributed by atoms with Crippen LogP contribution in [-0.4, -0.2) is 21.5 Å². The van der Waals surface area contributed by atoms with Gasteiger partial charge in [-0.1, -0.05) is 50.1 Å². The van der Waals surface area contributed by atoms with Crippen LogP contribution in [0.15, 0.2) is 30.3 Å². The predicted octanol–water partition coefficient (Wildman–Crippen LogP) is 2.74. The van der Waals surface area contributed by atoms with Gasteiger partial charge in [-0.15, -0.1) is 0 Å². The van der Waals surface area contributed by atoms with Crippen molar-refractivity contribution in [1.29, 1.82) is 0 Å². The van der Waals surface area contributed by atoms with Crippen LogP contribution in [0.4, 0.5) is 0 Å². The minimum Gasteiger partial charge on any atom is -0.298 e. The third-order valence-electron chi connectivity index (χ3n) is 2.54. The molecule has 1 rings (SSSR count). The van der Waals surface area contributed by atoms with Crippen molar-refractivity contribution in [3.8, 4) is 0 Å². The second-order valence-electron chi connectivity index (χ2n) is 4.20. The second-order valence-corrected chi connectivity index (χ2v) is 5.77. The van der Waals surface area contributed by atoms with Crippen LogP contribution < -0.4 is 0 Å². The van der Waals surface area contributed by atoms with Gasteiger partial charge in [0.15, 0.2) is 0 Å². The van der Waals surface area contributed by atoms with Gasteiger partial charge in [0.25, 0.3) is 0 Å². The summed E-state index contributed by atoms with van der Waals surface area (Å²) in [7, 11) is -0.975. The zero-order valence-corrected chi connectivity index (χ0v) is 11.2.